The summed E-state index contributed by atoms with van der Waals surface area (Å²) < 4.78 is 32.2. The van der Waals surface area contributed by atoms with Crippen molar-refractivity contribution in [3.8, 4) is 0 Å². The molecule has 0 bridgehead atoms. The Hall–Kier alpha value is -2.55. The summed E-state index contributed by atoms with van der Waals surface area (Å²) in [5, 5.41) is 4.32. The smallest absolute Gasteiger partial charge is 0.271 e. The third-order valence-corrected chi connectivity index (χ3v) is 7.08. The van der Waals surface area contributed by atoms with Crippen molar-refractivity contribution in [1.82, 2.24) is 9.73 Å². The Morgan fingerprint density at radius 3 is 2.66 bits per heavy atom. The molecule has 2 aliphatic rings. The molecule has 1 N–H and O–H groups in total. The number of rotatable bonds is 4. The molecule has 0 unspecified atom stereocenters. The first-order chi connectivity index (χ1) is 14.1. The fraction of sp³-hybridized carbons (Fsp3) is 0.333. The first-order valence-corrected chi connectivity index (χ1v) is 11.1. The average molecular weight is 413 g/mol. The highest BCUT2D eigenvalue weighted by Gasteiger charge is 2.27. The zero-order valence-corrected chi connectivity index (χ0v) is 16.8. The number of benzene rings is 2. The molecule has 1 fully saturated rings. The number of amides is 1. The molecule has 1 aliphatic heterocycles. The van der Waals surface area contributed by atoms with Gasteiger partial charge in [0.05, 0.1) is 23.8 Å². The van der Waals surface area contributed by atoms with Gasteiger partial charge >= 0.3 is 0 Å². The standard InChI is InChI=1S/C21H23N3O4S/c25-21(23-22-20-10-4-6-16-5-1-2-9-19(16)20)17-7-3-8-18(15-17)29(26,27)24-11-13-28-14-12-24/h1-3,5,7-9,15H,4,6,10-14H2,(H,23,25)/b22-20-. The van der Waals surface area contributed by atoms with Crippen molar-refractivity contribution >= 4 is 21.6 Å². The monoisotopic (exact) mass is 413 g/mol. The van der Waals surface area contributed by atoms with Crippen LogP contribution in [0.4, 0.5) is 0 Å². The SMILES string of the molecule is O=C(N/N=C1/CCCc2ccccc21)c1cccc(S(=O)(=O)N2CCOCC2)c1. The number of hydrogen-bond donors (Lipinski definition) is 1. The molecule has 4 rings (SSSR count). The van der Waals surface area contributed by atoms with Crippen LogP contribution in [0.2, 0.25) is 0 Å². The Kier molecular flexibility index (Phi) is 5.75. The highest BCUT2D eigenvalue weighted by Crippen LogP contribution is 2.21. The number of hydrazone groups is 1. The van der Waals surface area contributed by atoms with Crippen LogP contribution in [-0.2, 0) is 21.2 Å². The third-order valence-electron chi connectivity index (χ3n) is 5.18. The summed E-state index contributed by atoms with van der Waals surface area (Å²) in [5.74, 6) is -0.431. The van der Waals surface area contributed by atoms with Crippen LogP contribution in [0, 0.1) is 0 Å². The van der Waals surface area contributed by atoms with Gasteiger partial charge in [0, 0.05) is 24.2 Å². The van der Waals surface area contributed by atoms with Gasteiger partial charge in [-0.2, -0.15) is 9.41 Å². The molecule has 29 heavy (non-hydrogen) atoms. The molecule has 8 heteroatoms. The van der Waals surface area contributed by atoms with E-state index in [0.29, 0.717) is 26.3 Å². The van der Waals surface area contributed by atoms with Crippen LogP contribution in [0.3, 0.4) is 0 Å². The molecule has 0 saturated carbocycles. The normalized spacial score (nSPS) is 19.0. The van der Waals surface area contributed by atoms with Crippen molar-refractivity contribution in [2.24, 2.45) is 5.10 Å². The van der Waals surface area contributed by atoms with Crippen molar-refractivity contribution in [2.75, 3.05) is 26.3 Å². The van der Waals surface area contributed by atoms with Crippen LogP contribution in [-0.4, -0.2) is 50.6 Å². The predicted molar refractivity (Wildman–Crippen MR) is 109 cm³/mol. The van der Waals surface area contributed by atoms with Gasteiger partial charge in [-0.25, -0.2) is 13.8 Å². The van der Waals surface area contributed by atoms with E-state index in [0.717, 1.165) is 30.5 Å². The number of hydrogen-bond acceptors (Lipinski definition) is 5. The zero-order chi connectivity index (χ0) is 20.3. The molecule has 0 atom stereocenters. The van der Waals surface area contributed by atoms with Crippen LogP contribution < -0.4 is 5.43 Å². The van der Waals surface area contributed by atoms with E-state index in [4.69, 9.17) is 4.74 Å². The second-order valence-electron chi connectivity index (χ2n) is 7.05. The van der Waals surface area contributed by atoms with Gasteiger partial charge in [0.1, 0.15) is 0 Å². The maximum absolute atomic E-state index is 12.8. The molecule has 2 aromatic carbocycles. The van der Waals surface area contributed by atoms with Crippen molar-refractivity contribution in [2.45, 2.75) is 24.2 Å². The van der Waals surface area contributed by atoms with Gasteiger partial charge < -0.3 is 4.74 Å². The lowest BCUT2D eigenvalue weighted by Gasteiger charge is -2.26. The van der Waals surface area contributed by atoms with Gasteiger partial charge in [0.15, 0.2) is 0 Å². The predicted octanol–water partition coefficient (Wildman–Crippen LogP) is 2.18. The van der Waals surface area contributed by atoms with Crippen LogP contribution in [0.25, 0.3) is 0 Å². The largest absolute Gasteiger partial charge is 0.379 e. The number of aryl methyl sites for hydroxylation is 1. The highest BCUT2D eigenvalue weighted by atomic mass is 32.2. The molecule has 152 valence electrons. The molecular formula is C21H23N3O4S. The van der Waals surface area contributed by atoms with E-state index < -0.39 is 15.9 Å². The molecule has 7 nitrogen and oxygen atoms in total. The van der Waals surface area contributed by atoms with Crippen LogP contribution in [0.5, 0.6) is 0 Å². The maximum atomic E-state index is 12.8. The zero-order valence-electron chi connectivity index (χ0n) is 16.0. The lowest BCUT2D eigenvalue weighted by molar-refractivity contribution is 0.0730. The number of sulfonamides is 1. The first kappa shape index (κ1) is 19.8. The molecule has 0 radical (unpaired) electrons. The van der Waals surface area contributed by atoms with E-state index in [2.05, 4.69) is 16.6 Å². The average Bonchev–Trinajstić information content (AvgIpc) is 2.78. The fourth-order valence-corrected chi connectivity index (χ4v) is 5.09. The Morgan fingerprint density at radius 1 is 1.03 bits per heavy atom. The lowest BCUT2D eigenvalue weighted by atomic mass is 9.90. The molecule has 1 heterocycles. The molecule has 1 saturated heterocycles. The van der Waals surface area contributed by atoms with Crippen LogP contribution in [0.15, 0.2) is 58.5 Å². The first-order valence-electron chi connectivity index (χ1n) is 9.69. The summed E-state index contributed by atoms with van der Waals surface area (Å²) in [5.41, 5.74) is 5.98. The van der Waals surface area contributed by atoms with Crippen molar-refractivity contribution in [1.29, 1.82) is 0 Å². The van der Waals surface area contributed by atoms with Gasteiger partial charge in [-0.15, -0.1) is 0 Å². The number of nitrogens with one attached hydrogen (secondary N) is 1. The minimum absolute atomic E-state index is 0.0997. The van der Waals surface area contributed by atoms with Gasteiger partial charge in [-0.1, -0.05) is 30.3 Å². The van der Waals surface area contributed by atoms with Crippen molar-refractivity contribution < 1.29 is 17.9 Å². The number of morpholine rings is 1. The molecule has 0 spiro atoms. The fourth-order valence-electron chi connectivity index (χ4n) is 3.63. The number of ether oxygens (including phenoxy) is 1. The summed E-state index contributed by atoms with van der Waals surface area (Å²) in [6, 6.07) is 14.1. The second kappa shape index (κ2) is 8.44. The number of carbonyl (C=O) groups excluding carboxylic acids is 1. The van der Waals surface area contributed by atoms with Gasteiger partial charge in [0.25, 0.3) is 5.91 Å². The summed E-state index contributed by atoms with van der Waals surface area (Å²) in [7, 11) is -3.66. The van der Waals surface area contributed by atoms with E-state index >= 15 is 0 Å². The number of fused-ring (bicyclic) bond motifs is 1. The minimum Gasteiger partial charge on any atom is -0.379 e. The highest BCUT2D eigenvalue weighted by molar-refractivity contribution is 7.89. The molecule has 1 amide bonds. The van der Waals surface area contributed by atoms with Gasteiger partial charge in [-0.3, -0.25) is 4.79 Å². The number of nitrogens with zero attached hydrogens (tertiary/aromatic N) is 2. The van der Waals surface area contributed by atoms with Crippen molar-refractivity contribution in [3.05, 3.63) is 65.2 Å². The second-order valence-corrected chi connectivity index (χ2v) is 8.99. The Morgan fingerprint density at radius 2 is 1.83 bits per heavy atom. The van der Waals surface area contributed by atoms with Crippen molar-refractivity contribution in [3.63, 3.8) is 0 Å². The molecule has 1 aliphatic carbocycles. The van der Waals surface area contributed by atoms with Gasteiger partial charge in [0.2, 0.25) is 10.0 Å². The topological polar surface area (TPSA) is 88.1 Å². The van der Waals surface area contributed by atoms with E-state index in [1.807, 2.05) is 18.2 Å². The molecular weight excluding hydrogens is 390 g/mol. The third kappa shape index (κ3) is 4.24. The summed E-state index contributed by atoms with van der Waals surface area (Å²) in [6.45, 7) is 1.37. The summed E-state index contributed by atoms with van der Waals surface area (Å²) in [6.07, 6.45) is 2.78. The molecule has 0 aromatic heterocycles. The Labute approximate surface area is 170 Å². The Bertz CT molecular complexity index is 1040. The molecule has 2 aromatic rings. The van der Waals surface area contributed by atoms with E-state index in [1.165, 1.54) is 22.0 Å². The lowest BCUT2D eigenvalue weighted by Crippen LogP contribution is -2.40. The van der Waals surface area contributed by atoms with E-state index in [1.54, 1.807) is 12.1 Å². The quantitative estimate of drug-likeness (QED) is 0.778. The number of carbonyl (C=O) groups is 1. The van der Waals surface area contributed by atoms with Gasteiger partial charge in [-0.05, 0) is 43.0 Å². The van der Waals surface area contributed by atoms with Crippen LogP contribution in [0.1, 0.15) is 34.3 Å². The minimum atomic E-state index is -3.66. The van der Waals surface area contributed by atoms with Crippen LogP contribution >= 0.6 is 0 Å². The van der Waals surface area contributed by atoms with E-state index in [9.17, 15) is 13.2 Å². The maximum Gasteiger partial charge on any atom is 0.271 e. The summed E-state index contributed by atoms with van der Waals surface area (Å²) >= 11 is 0. The summed E-state index contributed by atoms with van der Waals surface area (Å²) in [4.78, 5) is 12.7. The van der Waals surface area contributed by atoms with E-state index in [-0.39, 0.29) is 10.5 Å². The Balaban J connectivity index is 1.53.